The minimum absolute atomic E-state index is 0.113. The summed E-state index contributed by atoms with van der Waals surface area (Å²) >= 11 is 9.65. The number of halogens is 2. The summed E-state index contributed by atoms with van der Waals surface area (Å²) in [5.41, 5.74) is 1.41. The van der Waals surface area contributed by atoms with Crippen molar-refractivity contribution in [2.24, 2.45) is 5.92 Å². The zero-order valence-electron chi connectivity index (χ0n) is 20.2. The molecule has 3 rings (SSSR count). The zero-order valence-corrected chi connectivity index (χ0v) is 22.6. The van der Waals surface area contributed by atoms with Crippen LogP contribution in [0.5, 0.6) is 5.75 Å². The Bertz CT molecular complexity index is 1080. The molecule has 0 saturated carbocycles. The molecule has 37 heavy (non-hydrogen) atoms. The van der Waals surface area contributed by atoms with Crippen molar-refractivity contribution < 1.29 is 33.7 Å². The fraction of sp³-hybridized carbons (Fsp3) is 0.400. The fourth-order valence-corrected chi connectivity index (χ4v) is 4.05. The van der Waals surface area contributed by atoms with Crippen molar-refractivity contribution in [3.8, 4) is 5.75 Å². The zero-order chi connectivity index (χ0) is 26.8. The molecule has 12 heteroatoms. The van der Waals surface area contributed by atoms with Gasteiger partial charge < -0.3 is 34.9 Å². The van der Waals surface area contributed by atoms with Gasteiger partial charge in [-0.1, -0.05) is 41.9 Å². The van der Waals surface area contributed by atoms with Crippen molar-refractivity contribution in [2.75, 3.05) is 38.1 Å². The number of anilines is 1. The van der Waals surface area contributed by atoms with E-state index in [1.165, 1.54) is 4.90 Å². The Morgan fingerprint density at radius 2 is 1.92 bits per heavy atom. The molecule has 0 bridgehead atoms. The minimum Gasteiger partial charge on any atom is -0.476 e. The molecule has 1 atom stereocenters. The first-order valence-electron chi connectivity index (χ1n) is 11.8. The molecule has 0 radical (unpaired) electrons. The maximum Gasteiger partial charge on any atom is 0.407 e. The molecule has 0 aromatic heterocycles. The number of ether oxygens (including phenoxy) is 3. The van der Waals surface area contributed by atoms with E-state index in [0.717, 1.165) is 5.56 Å². The lowest BCUT2D eigenvalue weighted by molar-refractivity contribution is -0.151. The maximum atomic E-state index is 12.6. The van der Waals surface area contributed by atoms with Gasteiger partial charge in [0.05, 0.1) is 17.3 Å². The molecule has 1 unspecified atom stereocenters. The predicted octanol–water partition coefficient (Wildman–Crippen LogP) is 4.75. The van der Waals surface area contributed by atoms with Gasteiger partial charge in [-0.25, -0.2) is 14.4 Å². The van der Waals surface area contributed by atoms with Gasteiger partial charge >= 0.3 is 18.2 Å². The van der Waals surface area contributed by atoms with Crippen LogP contribution >= 0.6 is 27.5 Å². The Morgan fingerprint density at radius 1 is 1.19 bits per heavy atom. The number of benzene rings is 2. The summed E-state index contributed by atoms with van der Waals surface area (Å²) in [4.78, 5) is 37.0. The SMILES string of the molecule is CCOC(=O)C(CCNC(=O)OCc1ccccc1)Oc1cc(Br)c(Cl)cc1NCC1CN(C(=O)O)C1. The third-order valence-corrected chi connectivity index (χ3v) is 6.74. The summed E-state index contributed by atoms with van der Waals surface area (Å²) in [7, 11) is 0. The maximum absolute atomic E-state index is 12.6. The molecular formula is C25H29BrClN3O7. The smallest absolute Gasteiger partial charge is 0.407 e. The molecule has 10 nitrogen and oxygen atoms in total. The first kappa shape index (κ1) is 28.4. The standard InChI is InChI=1S/C25H29BrClN3O7/c1-2-35-23(31)21(8-9-28-24(32)36-15-16-6-4-3-5-7-16)37-22-10-18(26)19(27)11-20(22)29-12-17-13-30(14-17)25(33)34/h3-7,10-11,17,21,29H,2,8-9,12-15H2,1H3,(H,28,32)(H,33,34). The number of hydrogen-bond donors (Lipinski definition) is 3. The van der Waals surface area contributed by atoms with E-state index in [4.69, 9.17) is 30.9 Å². The number of carbonyl (C=O) groups is 3. The van der Waals surface area contributed by atoms with E-state index >= 15 is 0 Å². The first-order valence-corrected chi connectivity index (χ1v) is 12.9. The highest BCUT2D eigenvalue weighted by atomic mass is 79.9. The van der Waals surface area contributed by atoms with Crippen LogP contribution < -0.4 is 15.4 Å². The number of hydrogen-bond acceptors (Lipinski definition) is 7. The lowest BCUT2D eigenvalue weighted by Gasteiger charge is -2.37. The van der Waals surface area contributed by atoms with Crippen molar-refractivity contribution in [1.29, 1.82) is 0 Å². The van der Waals surface area contributed by atoms with E-state index < -0.39 is 24.3 Å². The monoisotopic (exact) mass is 597 g/mol. The fourth-order valence-electron chi connectivity index (χ4n) is 3.57. The number of nitrogens with one attached hydrogen (secondary N) is 2. The molecule has 0 spiro atoms. The van der Waals surface area contributed by atoms with Gasteiger partial charge in [0.15, 0.2) is 6.10 Å². The Labute approximate surface area is 228 Å². The number of esters is 1. The van der Waals surface area contributed by atoms with E-state index in [2.05, 4.69) is 26.6 Å². The summed E-state index contributed by atoms with van der Waals surface area (Å²) in [6, 6.07) is 12.6. The van der Waals surface area contributed by atoms with Crippen LogP contribution in [0.4, 0.5) is 15.3 Å². The Morgan fingerprint density at radius 3 is 2.59 bits per heavy atom. The second kappa shape index (κ2) is 13.9. The van der Waals surface area contributed by atoms with Gasteiger partial charge in [0, 0.05) is 43.0 Å². The number of likely N-dealkylation sites (tertiary alicyclic amines) is 1. The minimum atomic E-state index is -1.01. The Hall–Kier alpha value is -3.18. The summed E-state index contributed by atoms with van der Waals surface area (Å²) < 4.78 is 17.0. The lowest BCUT2D eigenvalue weighted by atomic mass is 10.0. The van der Waals surface area contributed by atoms with E-state index in [1.807, 2.05) is 30.3 Å². The largest absolute Gasteiger partial charge is 0.476 e. The molecule has 1 heterocycles. The van der Waals surface area contributed by atoms with Gasteiger partial charge in [-0.2, -0.15) is 0 Å². The number of nitrogens with zero attached hydrogens (tertiary/aromatic N) is 1. The number of alkyl carbamates (subject to hydrolysis) is 1. The van der Waals surface area contributed by atoms with Gasteiger partial charge in [-0.15, -0.1) is 0 Å². The second-order valence-electron chi connectivity index (χ2n) is 8.33. The number of rotatable bonds is 12. The molecule has 1 saturated heterocycles. The highest BCUT2D eigenvalue weighted by Crippen LogP contribution is 2.36. The Balaban J connectivity index is 1.59. The van der Waals surface area contributed by atoms with Gasteiger partial charge in [-0.3, -0.25) is 0 Å². The van der Waals surface area contributed by atoms with Crippen LogP contribution in [-0.2, 0) is 20.9 Å². The topological polar surface area (TPSA) is 126 Å². The highest BCUT2D eigenvalue weighted by Gasteiger charge is 2.30. The summed E-state index contributed by atoms with van der Waals surface area (Å²) in [5.74, 6) is -0.0798. The first-order chi connectivity index (χ1) is 17.8. The molecule has 1 aliphatic heterocycles. The third-order valence-electron chi connectivity index (χ3n) is 5.54. The van der Waals surface area contributed by atoms with E-state index in [-0.39, 0.29) is 32.1 Å². The van der Waals surface area contributed by atoms with Crippen LogP contribution in [0.1, 0.15) is 18.9 Å². The average Bonchev–Trinajstić information content (AvgIpc) is 2.84. The van der Waals surface area contributed by atoms with Crippen molar-refractivity contribution in [3.63, 3.8) is 0 Å². The van der Waals surface area contributed by atoms with Crippen LogP contribution in [0.2, 0.25) is 5.02 Å². The summed E-state index contributed by atoms with van der Waals surface area (Å²) in [6.07, 6.45) is -2.43. The van der Waals surface area contributed by atoms with Crippen LogP contribution in [0, 0.1) is 5.92 Å². The molecule has 1 fully saturated rings. The van der Waals surface area contributed by atoms with Crippen LogP contribution in [0.25, 0.3) is 0 Å². The van der Waals surface area contributed by atoms with Gasteiger partial charge in [0.2, 0.25) is 0 Å². The quantitative estimate of drug-likeness (QED) is 0.299. The van der Waals surface area contributed by atoms with Gasteiger partial charge in [0.25, 0.3) is 0 Å². The third kappa shape index (κ3) is 8.71. The number of carboxylic acid groups (broad SMARTS) is 1. The highest BCUT2D eigenvalue weighted by molar-refractivity contribution is 9.10. The molecule has 2 aromatic carbocycles. The van der Waals surface area contributed by atoms with Crippen molar-refractivity contribution in [1.82, 2.24) is 10.2 Å². The molecule has 1 aliphatic rings. The molecule has 3 N–H and O–H groups in total. The van der Waals surface area contributed by atoms with Crippen molar-refractivity contribution in [2.45, 2.75) is 26.1 Å². The summed E-state index contributed by atoms with van der Waals surface area (Å²) in [5, 5.41) is 15.3. The molecule has 0 aliphatic carbocycles. The number of amides is 2. The van der Waals surface area contributed by atoms with E-state index in [9.17, 15) is 14.4 Å². The molecule has 2 aromatic rings. The molecule has 200 valence electrons. The lowest BCUT2D eigenvalue weighted by Crippen LogP contribution is -2.51. The molecular weight excluding hydrogens is 570 g/mol. The van der Waals surface area contributed by atoms with Crippen LogP contribution in [0.3, 0.4) is 0 Å². The molecule has 2 amide bonds. The van der Waals surface area contributed by atoms with Crippen LogP contribution in [0.15, 0.2) is 46.9 Å². The Kier molecular flexibility index (Phi) is 10.7. The normalized spacial score (nSPS) is 13.8. The predicted molar refractivity (Wildman–Crippen MR) is 141 cm³/mol. The summed E-state index contributed by atoms with van der Waals surface area (Å²) in [6.45, 7) is 3.46. The van der Waals surface area contributed by atoms with Crippen LogP contribution in [-0.4, -0.2) is 67.1 Å². The number of carbonyl (C=O) groups excluding carboxylic acids is 2. The van der Waals surface area contributed by atoms with E-state index in [0.29, 0.717) is 40.6 Å². The van der Waals surface area contributed by atoms with Gasteiger partial charge in [-0.05, 0) is 40.5 Å². The van der Waals surface area contributed by atoms with Crippen molar-refractivity contribution >= 4 is 51.4 Å². The second-order valence-corrected chi connectivity index (χ2v) is 9.59. The van der Waals surface area contributed by atoms with E-state index in [1.54, 1.807) is 19.1 Å². The average molecular weight is 599 g/mol. The van der Waals surface area contributed by atoms with Crippen molar-refractivity contribution in [3.05, 3.63) is 57.5 Å². The van der Waals surface area contributed by atoms with Gasteiger partial charge in [0.1, 0.15) is 12.4 Å².